The summed E-state index contributed by atoms with van der Waals surface area (Å²) in [5.74, 6) is -0.771. The second kappa shape index (κ2) is 7.21. The number of aliphatic carboxylic acids is 1. The number of rotatable bonds is 4. The molecular weight excluding hydrogens is 324 g/mol. The van der Waals surface area contributed by atoms with Crippen molar-refractivity contribution >= 4 is 29.0 Å². The number of carbonyl (C=O) groups excluding carboxylic acids is 1. The highest BCUT2D eigenvalue weighted by Crippen LogP contribution is 2.19. The van der Waals surface area contributed by atoms with Crippen molar-refractivity contribution in [2.75, 3.05) is 7.11 Å². The zero-order chi connectivity index (χ0) is 18.6. The van der Waals surface area contributed by atoms with E-state index >= 15 is 0 Å². The van der Waals surface area contributed by atoms with Crippen molar-refractivity contribution in [2.45, 2.75) is 26.4 Å². The standard InChI is InChI=1S/C18H20N2O5/c1-18(2,3)25-17(23)20-14(16(21)22)10-11-5-7-13-12(9-11)6-8-15(19-13)24-4/h5-10H,1-4H3,(H,20,23)(H,21,22)/b14-10+. The summed E-state index contributed by atoms with van der Waals surface area (Å²) in [4.78, 5) is 27.5. The van der Waals surface area contributed by atoms with Gasteiger partial charge in [0.25, 0.3) is 0 Å². The molecular formula is C18H20N2O5. The van der Waals surface area contributed by atoms with E-state index in [4.69, 9.17) is 9.47 Å². The molecule has 0 saturated carbocycles. The van der Waals surface area contributed by atoms with E-state index in [1.54, 1.807) is 45.0 Å². The van der Waals surface area contributed by atoms with E-state index in [1.165, 1.54) is 13.2 Å². The van der Waals surface area contributed by atoms with Crippen LogP contribution in [0.1, 0.15) is 26.3 Å². The maximum Gasteiger partial charge on any atom is 0.412 e. The van der Waals surface area contributed by atoms with Crippen molar-refractivity contribution in [3.8, 4) is 5.88 Å². The number of alkyl carbamates (subject to hydrolysis) is 1. The molecule has 2 N–H and O–H groups in total. The van der Waals surface area contributed by atoms with Crippen LogP contribution in [-0.4, -0.2) is 34.9 Å². The topological polar surface area (TPSA) is 97.8 Å². The van der Waals surface area contributed by atoms with Crippen LogP contribution in [0.4, 0.5) is 4.79 Å². The molecule has 1 amide bonds. The summed E-state index contributed by atoms with van der Waals surface area (Å²) in [5, 5.41) is 12.4. The molecule has 1 aromatic carbocycles. The van der Waals surface area contributed by atoms with Crippen LogP contribution in [0.3, 0.4) is 0 Å². The van der Waals surface area contributed by atoms with Crippen molar-refractivity contribution in [3.05, 3.63) is 41.6 Å². The number of pyridine rings is 1. The fraction of sp³-hybridized carbons (Fsp3) is 0.278. The Morgan fingerprint density at radius 3 is 2.52 bits per heavy atom. The van der Waals surface area contributed by atoms with Crippen molar-refractivity contribution in [1.29, 1.82) is 0 Å². The summed E-state index contributed by atoms with van der Waals surface area (Å²) < 4.78 is 10.1. The first kappa shape index (κ1) is 18.3. The Morgan fingerprint density at radius 1 is 1.20 bits per heavy atom. The van der Waals surface area contributed by atoms with Crippen molar-refractivity contribution in [1.82, 2.24) is 10.3 Å². The van der Waals surface area contributed by atoms with Crippen LogP contribution in [0, 0.1) is 0 Å². The van der Waals surface area contributed by atoms with Gasteiger partial charge in [-0.05, 0) is 50.6 Å². The van der Waals surface area contributed by atoms with E-state index in [9.17, 15) is 14.7 Å². The zero-order valence-electron chi connectivity index (χ0n) is 14.5. The summed E-state index contributed by atoms with van der Waals surface area (Å²) >= 11 is 0. The smallest absolute Gasteiger partial charge is 0.412 e. The molecule has 7 heteroatoms. The summed E-state index contributed by atoms with van der Waals surface area (Å²) in [6.07, 6.45) is 0.531. The van der Waals surface area contributed by atoms with E-state index in [0.717, 1.165) is 5.39 Å². The summed E-state index contributed by atoms with van der Waals surface area (Å²) in [7, 11) is 1.53. The van der Waals surface area contributed by atoms with Gasteiger partial charge in [-0.3, -0.25) is 5.32 Å². The maximum atomic E-state index is 11.8. The highest BCUT2D eigenvalue weighted by molar-refractivity contribution is 5.96. The summed E-state index contributed by atoms with van der Waals surface area (Å²) in [5.41, 5.74) is 0.318. The molecule has 0 saturated heterocycles. The number of amides is 1. The number of hydrogen-bond acceptors (Lipinski definition) is 5. The van der Waals surface area contributed by atoms with Crippen LogP contribution in [0.25, 0.3) is 17.0 Å². The lowest BCUT2D eigenvalue weighted by Gasteiger charge is -2.19. The largest absolute Gasteiger partial charge is 0.481 e. The first-order chi connectivity index (χ1) is 11.7. The Kier molecular flexibility index (Phi) is 5.26. The van der Waals surface area contributed by atoms with E-state index in [1.807, 2.05) is 6.07 Å². The molecule has 2 aromatic rings. The van der Waals surface area contributed by atoms with Gasteiger partial charge >= 0.3 is 12.1 Å². The molecule has 0 fully saturated rings. The number of nitrogens with zero attached hydrogens (tertiary/aromatic N) is 1. The molecule has 2 rings (SSSR count). The fourth-order valence-corrected chi connectivity index (χ4v) is 2.06. The Hall–Kier alpha value is -3.09. The van der Waals surface area contributed by atoms with Crippen molar-refractivity contribution < 1.29 is 24.2 Å². The van der Waals surface area contributed by atoms with E-state index in [0.29, 0.717) is 17.0 Å². The molecule has 7 nitrogen and oxygen atoms in total. The molecule has 0 aliphatic rings. The number of aromatic nitrogens is 1. The molecule has 0 radical (unpaired) electrons. The third-order valence-electron chi connectivity index (χ3n) is 3.07. The van der Waals surface area contributed by atoms with Gasteiger partial charge in [0, 0.05) is 11.5 Å². The molecule has 0 spiro atoms. The van der Waals surface area contributed by atoms with E-state index in [2.05, 4.69) is 10.3 Å². The normalized spacial score (nSPS) is 11.9. The number of carbonyl (C=O) groups is 2. The number of nitrogens with one attached hydrogen (secondary N) is 1. The zero-order valence-corrected chi connectivity index (χ0v) is 14.5. The predicted molar refractivity (Wildman–Crippen MR) is 93.3 cm³/mol. The Balaban J connectivity index is 2.29. The molecule has 1 aromatic heterocycles. The predicted octanol–water partition coefficient (Wildman–Crippen LogP) is 3.19. The summed E-state index contributed by atoms with van der Waals surface area (Å²) in [6, 6.07) is 8.75. The van der Waals surface area contributed by atoms with Crippen LogP contribution in [0.2, 0.25) is 0 Å². The van der Waals surface area contributed by atoms with Crippen molar-refractivity contribution in [3.63, 3.8) is 0 Å². The first-order valence-electron chi connectivity index (χ1n) is 7.58. The SMILES string of the molecule is COc1ccc2cc(/C=C(/NC(=O)OC(C)(C)C)C(=O)O)ccc2n1. The number of hydrogen-bond donors (Lipinski definition) is 2. The monoisotopic (exact) mass is 344 g/mol. The lowest BCUT2D eigenvalue weighted by atomic mass is 10.1. The van der Waals surface area contributed by atoms with Gasteiger partial charge in [0.2, 0.25) is 5.88 Å². The third-order valence-corrected chi connectivity index (χ3v) is 3.07. The number of benzene rings is 1. The van der Waals surface area contributed by atoms with Crippen LogP contribution >= 0.6 is 0 Å². The minimum atomic E-state index is -1.26. The molecule has 0 unspecified atom stereocenters. The molecule has 132 valence electrons. The molecule has 0 atom stereocenters. The first-order valence-corrected chi connectivity index (χ1v) is 7.58. The van der Waals surface area contributed by atoms with Crippen LogP contribution in [0.15, 0.2) is 36.0 Å². The van der Waals surface area contributed by atoms with Gasteiger partial charge in [-0.1, -0.05) is 6.07 Å². The minimum absolute atomic E-state index is 0.282. The number of fused-ring (bicyclic) bond motifs is 1. The van der Waals surface area contributed by atoms with Gasteiger partial charge in [-0.2, -0.15) is 0 Å². The van der Waals surface area contributed by atoms with Crippen LogP contribution in [0.5, 0.6) is 5.88 Å². The fourth-order valence-electron chi connectivity index (χ4n) is 2.06. The number of ether oxygens (including phenoxy) is 2. The second-order valence-electron chi connectivity index (χ2n) is 6.30. The molecule has 25 heavy (non-hydrogen) atoms. The van der Waals surface area contributed by atoms with Gasteiger partial charge < -0.3 is 14.6 Å². The van der Waals surface area contributed by atoms with Gasteiger partial charge in [0.15, 0.2) is 0 Å². The number of carboxylic acid groups (broad SMARTS) is 1. The Labute approximate surface area is 145 Å². The Morgan fingerprint density at radius 2 is 1.92 bits per heavy atom. The quantitative estimate of drug-likeness (QED) is 0.827. The van der Waals surface area contributed by atoms with Crippen LogP contribution in [-0.2, 0) is 9.53 Å². The average Bonchev–Trinajstić information content (AvgIpc) is 2.51. The molecule has 1 heterocycles. The van der Waals surface area contributed by atoms with Crippen LogP contribution < -0.4 is 10.1 Å². The number of methoxy groups -OCH3 is 1. The highest BCUT2D eigenvalue weighted by atomic mass is 16.6. The van der Waals surface area contributed by atoms with E-state index in [-0.39, 0.29) is 5.70 Å². The Bertz CT molecular complexity index is 837. The molecule has 0 aliphatic carbocycles. The van der Waals surface area contributed by atoms with Gasteiger partial charge in [-0.15, -0.1) is 0 Å². The lowest BCUT2D eigenvalue weighted by molar-refractivity contribution is -0.133. The third kappa shape index (κ3) is 5.20. The lowest BCUT2D eigenvalue weighted by Crippen LogP contribution is -2.34. The maximum absolute atomic E-state index is 11.8. The van der Waals surface area contributed by atoms with Gasteiger partial charge in [-0.25, -0.2) is 14.6 Å². The highest BCUT2D eigenvalue weighted by Gasteiger charge is 2.19. The van der Waals surface area contributed by atoms with Gasteiger partial charge in [0.1, 0.15) is 11.3 Å². The van der Waals surface area contributed by atoms with Crippen molar-refractivity contribution in [2.24, 2.45) is 0 Å². The van der Waals surface area contributed by atoms with Gasteiger partial charge in [0.05, 0.1) is 12.6 Å². The molecule has 0 bridgehead atoms. The summed E-state index contributed by atoms with van der Waals surface area (Å²) in [6.45, 7) is 5.09. The minimum Gasteiger partial charge on any atom is -0.481 e. The average molecular weight is 344 g/mol. The number of carboxylic acids is 1. The second-order valence-corrected chi connectivity index (χ2v) is 6.30. The van der Waals surface area contributed by atoms with E-state index < -0.39 is 17.7 Å². The molecule has 0 aliphatic heterocycles.